The van der Waals surface area contributed by atoms with Crippen molar-refractivity contribution in [2.45, 2.75) is 6.42 Å². The fourth-order valence-electron chi connectivity index (χ4n) is 1.69. The summed E-state index contributed by atoms with van der Waals surface area (Å²) in [4.78, 5) is 2.30. The molecule has 0 N–H and O–H groups in total. The van der Waals surface area contributed by atoms with Crippen LogP contribution in [0.5, 0.6) is 0 Å². The molecule has 0 saturated heterocycles. The van der Waals surface area contributed by atoms with Gasteiger partial charge in [0, 0.05) is 17.6 Å². The van der Waals surface area contributed by atoms with Crippen molar-refractivity contribution in [2.75, 3.05) is 18.0 Å². The summed E-state index contributed by atoms with van der Waals surface area (Å²) in [6, 6.07) is 7.87. The third kappa shape index (κ3) is 2.21. The molecule has 2 rings (SSSR count). The van der Waals surface area contributed by atoms with Crippen LogP contribution in [0.3, 0.4) is 0 Å². The minimum Gasteiger partial charge on any atom is -0.367 e. The second-order valence-corrected chi connectivity index (χ2v) is 4.34. The van der Waals surface area contributed by atoms with Crippen LogP contribution < -0.4 is 4.90 Å². The Bertz CT molecular complexity index is 432. The Balaban J connectivity index is 2.29. The zero-order valence-electron chi connectivity index (χ0n) is 8.28. The number of rotatable bonds is 1. The molecule has 0 saturated carbocycles. The van der Waals surface area contributed by atoms with Crippen molar-refractivity contribution in [3.8, 4) is 6.07 Å². The Labute approximate surface area is 97.9 Å². The molecule has 0 aliphatic carbocycles. The number of hydrogen-bond acceptors (Lipinski definition) is 2. The van der Waals surface area contributed by atoms with Crippen molar-refractivity contribution < 1.29 is 0 Å². The Kier molecular flexibility index (Phi) is 3.08. The van der Waals surface area contributed by atoms with Gasteiger partial charge in [0.15, 0.2) is 0 Å². The predicted molar refractivity (Wildman–Crippen MR) is 64.8 cm³/mol. The molecule has 1 aliphatic heterocycles. The molecule has 0 atom stereocenters. The van der Waals surface area contributed by atoms with Gasteiger partial charge in [-0.2, -0.15) is 5.26 Å². The number of nitrogens with zero attached hydrogens (tertiary/aromatic N) is 2. The molecule has 0 amide bonds. The molecule has 0 spiro atoms. The van der Waals surface area contributed by atoms with Crippen LogP contribution in [-0.2, 0) is 0 Å². The maximum absolute atomic E-state index is 8.77. The summed E-state index contributed by atoms with van der Waals surface area (Å²) in [5.74, 6) is 0. The summed E-state index contributed by atoms with van der Waals surface area (Å²) in [7, 11) is 0. The molecule has 1 heterocycles. The van der Waals surface area contributed by atoms with E-state index in [0.29, 0.717) is 5.56 Å². The lowest BCUT2D eigenvalue weighted by molar-refractivity contribution is 0.819. The molecule has 1 aromatic carbocycles. The van der Waals surface area contributed by atoms with Gasteiger partial charge in [-0.3, -0.25) is 0 Å². The topological polar surface area (TPSA) is 27.0 Å². The first kappa shape index (κ1) is 10.3. The van der Waals surface area contributed by atoms with E-state index in [0.717, 1.165) is 24.0 Å². The zero-order valence-corrected chi connectivity index (χ0v) is 9.87. The summed E-state index contributed by atoms with van der Waals surface area (Å²) < 4.78 is 0.997. The van der Waals surface area contributed by atoms with Gasteiger partial charge in [0.25, 0.3) is 0 Å². The summed E-state index contributed by atoms with van der Waals surface area (Å²) in [5.41, 5.74) is 1.86. The summed E-state index contributed by atoms with van der Waals surface area (Å²) >= 11 is 3.51. The molecule has 3 heteroatoms. The highest BCUT2D eigenvalue weighted by Gasteiger charge is 2.10. The lowest BCUT2D eigenvalue weighted by atomic mass is 10.2. The van der Waals surface area contributed by atoms with E-state index in [-0.39, 0.29) is 0 Å². The van der Waals surface area contributed by atoms with Gasteiger partial charge in [-0.1, -0.05) is 12.2 Å². The fraction of sp³-hybridized carbons (Fsp3) is 0.250. The monoisotopic (exact) mass is 262 g/mol. The normalized spacial score (nSPS) is 15.1. The van der Waals surface area contributed by atoms with Crippen LogP contribution in [0.1, 0.15) is 12.0 Å². The Morgan fingerprint density at radius 3 is 2.80 bits per heavy atom. The minimum atomic E-state index is 0.693. The van der Waals surface area contributed by atoms with E-state index in [9.17, 15) is 0 Å². The largest absolute Gasteiger partial charge is 0.367 e. The van der Waals surface area contributed by atoms with Crippen LogP contribution in [0.25, 0.3) is 0 Å². The van der Waals surface area contributed by atoms with Gasteiger partial charge in [0.2, 0.25) is 0 Å². The number of hydrogen-bond donors (Lipinski definition) is 0. The quantitative estimate of drug-likeness (QED) is 0.728. The van der Waals surface area contributed by atoms with Crippen molar-refractivity contribution in [3.63, 3.8) is 0 Å². The highest BCUT2D eigenvalue weighted by molar-refractivity contribution is 9.10. The maximum Gasteiger partial charge on any atom is 0.0992 e. The van der Waals surface area contributed by atoms with Crippen LogP contribution in [-0.4, -0.2) is 13.1 Å². The van der Waals surface area contributed by atoms with Crippen LogP contribution in [0.4, 0.5) is 5.69 Å². The van der Waals surface area contributed by atoms with E-state index in [1.165, 1.54) is 5.69 Å². The fourth-order valence-corrected chi connectivity index (χ4v) is 2.32. The Morgan fingerprint density at radius 2 is 2.20 bits per heavy atom. The number of halogens is 1. The number of benzene rings is 1. The van der Waals surface area contributed by atoms with E-state index < -0.39 is 0 Å². The third-order valence-electron chi connectivity index (χ3n) is 2.48. The molecule has 0 bridgehead atoms. The molecule has 15 heavy (non-hydrogen) atoms. The SMILES string of the molecule is N#Cc1ccc(N2CC=CCC2)c(Br)c1. The van der Waals surface area contributed by atoms with Crippen LogP contribution in [0.2, 0.25) is 0 Å². The maximum atomic E-state index is 8.77. The van der Waals surface area contributed by atoms with Gasteiger partial charge < -0.3 is 4.90 Å². The van der Waals surface area contributed by atoms with Crippen LogP contribution >= 0.6 is 15.9 Å². The van der Waals surface area contributed by atoms with Gasteiger partial charge in [0.1, 0.15) is 0 Å². The van der Waals surface area contributed by atoms with Crippen LogP contribution in [0, 0.1) is 11.3 Å². The number of nitriles is 1. The first-order chi connectivity index (χ1) is 7.31. The Morgan fingerprint density at radius 1 is 1.33 bits per heavy atom. The average Bonchev–Trinajstić information content (AvgIpc) is 2.30. The molecule has 0 fully saturated rings. The highest BCUT2D eigenvalue weighted by Crippen LogP contribution is 2.28. The van der Waals surface area contributed by atoms with Gasteiger partial charge in [-0.15, -0.1) is 0 Å². The van der Waals surface area contributed by atoms with Crippen LogP contribution in [0.15, 0.2) is 34.8 Å². The van der Waals surface area contributed by atoms with Crippen molar-refractivity contribution in [2.24, 2.45) is 0 Å². The van der Waals surface area contributed by atoms with E-state index in [4.69, 9.17) is 5.26 Å². The average molecular weight is 263 g/mol. The molecule has 1 aromatic rings. The van der Waals surface area contributed by atoms with Gasteiger partial charge in [-0.25, -0.2) is 0 Å². The van der Waals surface area contributed by atoms with E-state index in [1.54, 1.807) is 0 Å². The second-order valence-electron chi connectivity index (χ2n) is 3.48. The summed E-state index contributed by atoms with van der Waals surface area (Å²) in [6.07, 6.45) is 5.47. The highest BCUT2D eigenvalue weighted by atomic mass is 79.9. The van der Waals surface area contributed by atoms with E-state index >= 15 is 0 Å². The zero-order chi connectivity index (χ0) is 10.7. The first-order valence-electron chi connectivity index (χ1n) is 4.91. The first-order valence-corrected chi connectivity index (χ1v) is 5.70. The number of anilines is 1. The standard InChI is InChI=1S/C12H11BrN2/c13-11-8-10(9-14)4-5-12(11)15-6-2-1-3-7-15/h1-2,4-5,8H,3,6-7H2. The molecule has 0 radical (unpaired) electrons. The van der Waals surface area contributed by atoms with Gasteiger partial charge >= 0.3 is 0 Å². The Hall–Kier alpha value is -1.27. The van der Waals surface area contributed by atoms with Gasteiger partial charge in [0.05, 0.1) is 17.3 Å². The molecule has 2 nitrogen and oxygen atoms in total. The van der Waals surface area contributed by atoms with Crippen molar-refractivity contribution in [3.05, 3.63) is 40.4 Å². The smallest absolute Gasteiger partial charge is 0.0992 e. The van der Waals surface area contributed by atoms with Gasteiger partial charge in [-0.05, 0) is 40.5 Å². The molecule has 0 aromatic heterocycles. The lowest BCUT2D eigenvalue weighted by Gasteiger charge is -2.26. The minimum absolute atomic E-state index is 0.693. The molecular formula is C12H11BrN2. The lowest BCUT2D eigenvalue weighted by Crippen LogP contribution is -2.26. The molecular weight excluding hydrogens is 252 g/mol. The molecule has 76 valence electrons. The summed E-state index contributed by atoms with van der Waals surface area (Å²) in [6.45, 7) is 1.99. The van der Waals surface area contributed by atoms with Crippen molar-refractivity contribution >= 4 is 21.6 Å². The molecule has 0 unspecified atom stereocenters. The van der Waals surface area contributed by atoms with E-state index in [2.05, 4.69) is 39.1 Å². The third-order valence-corrected chi connectivity index (χ3v) is 3.11. The second kappa shape index (κ2) is 4.50. The van der Waals surface area contributed by atoms with Crippen molar-refractivity contribution in [1.29, 1.82) is 5.26 Å². The van der Waals surface area contributed by atoms with Crippen molar-refractivity contribution in [1.82, 2.24) is 0 Å². The summed E-state index contributed by atoms with van der Waals surface area (Å²) in [5, 5.41) is 8.77. The van der Waals surface area contributed by atoms with E-state index in [1.807, 2.05) is 18.2 Å². The predicted octanol–water partition coefficient (Wildman–Crippen LogP) is 3.09. The molecule has 1 aliphatic rings.